The van der Waals surface area contributed by atoms with Gasteiger partial charge in [-0.05, 0) is 106 Å². The third kappa shape index (κ3) is 6.48. The summed E-state index contributed by atoms with van der Waals surface area (Å²) in [7, 11) is 0. The highest BCUT2D eigenvalue weighted by Crippen LogP contribution is 2.45. The van der Waals surface area contributed by atoms with E-state index < -0.39 is 29.0 Å². The molecule has 0 unspecified atom stereocenters. The molecule has 64 heavy (non-hydrogen) atoms. The molecule has 0 bridgehead atoms. The average Bonchev–Trinajstić information content (AvgIpc) is 3.82. The second-order valence-electron chi connectivity index (χ2n) is 15.3. The van der Waals surface area contributed by atoms with Crippen molar-refractivity contribution >= 4 is 43.6 Å². The molecule has 306 valence electrons. The minimum Gasteiger partial charge on any atom is -0.308 e. The minimum absolute atomic E-state index is 0.0725. The SMILES string of the molecule is N#Cc1cccc(-c2ccc3c4ccccc4n(-c4cc(-c5ccc(C(F)(F)F)cc5C(F)(F)F)cc(-n5c6ccccc6c6ccc(-c7cccc(C#N)c7)cc65)c4C#N)c3c2)c1. The second kappa shape index (κ2) is 14.8. The van der Waals surface area contributed by atoms with Crippen molar-refractivity contribution in [2.75, 3.05) is 0 Å². The normalized spacial score (nSPS) is 11.9. The van der Waals surface area contributed by atoms with Crippen molar-refractivity contribution < 1.29 is 26.3 Å². The van der Waals surface area contributed by atoms with E-state index in [0.29, 0.717) is 39.3 Å². The lowest BCUT2D eigenvalue weighted by Gasteiger charge is -2.21. The van der Waals surface area contributed by atoms with E-state index in [1.807, 2.05) is 84.9 Å². The summed E-state index contributed by atoms with van der Waals surface area (Å²) in [5.74, 6) is 0. The van der Waals surface area contributed by atoms with Crippen LogP contribution in [0.2, 0.25) is 0 Å². The Morgan fingerprint density at radius 2 is 0.844 bits per heavy atom. The van der Waals surface area contributed by atoms with Crippen molar-refractivity contribution in [3.05, 3.63) is 192 Å². The van der Waals surface area contributed by atoms with Crippen LogP contribution in [-0.4, -0.2) is 9.13 Å². The Morgan fingerprint density at radius 3 is 1.30 bits per heavy atom. The van der Waals surface area contributed by atoms with Gasteiger partial charge in [0.05, 0.1) is 67.8 Å². The number of alkyl halides is 6. The van der Waals surface area contributed by atoms with E-state index in [2.05, 4.69) is 18.2 Å². The third-order valence-corrected chi connectivity index (χ3v) is 11.7. The molecule has 0 saturated heterocycles. The predicted molar refractivity (Wildman–Crippen MR) is 236 cm³/mol. The Kier molecular flexibility index (Phi) is 9.14. The maximum absolute atomic E-state index is 15.1. The molecule has 0 spiro atoms. The van der Waals surface area contributed by atoms with Gasteiger partial charge >= 0.3 is 12.4 Å². The topological polar surface area (TPSA) is 81.2 Å². The van der Waals surface area contributed by atoms with Crippen LogP contribution in [0.5, 0.6) is 0 Å². The van der Waals surface area contributed by atoms with Gasteiger partial charge in [0.25, 0.3) is 0 Å². The van der Waals surface area contributed by atoms with Gasteiger partial charge in [-0.25, -0.2) is 0 Å². The smallest absolute Gasteiger partial charge is 0.308 e. The maximum Gasteiger partial charge on any atom is 0.417 e. The number of aromatic nitrogens is 2. The van der Waals surface area contributed by atoms with Gasteiger partial charge in [-0.15, -0.1) is 0 Å². The van der Waals surface area contributed by atoms with Crippen LogP contribution in [0.3, 0.4) is 0 Å². The maximum atomic E-state index is 15.1. The highest BCUT2D eigenvalue weighted by Gasteiger charge is 2.39. The fraction of sp³-hybridized carbons (Fsp3) is 0.0377. The van der Waals surface area contributed by atoms with E-state index in [1.54, 1.807) is 57.7 Å². The molecule has 0 fully saturated rings. The zero-order valence-electron chi connectivity index (χ0n) is 33.1. The lowest BCUT2D eigenvalue weighted by Crippen LogP contribution is -2.12. The Hall–Kier alpha value is -8.59. The van der Waals surface area contributed by atoms with Gasteiger partial charge in [0.15, 0.2) is 0 Å². The third-order valence-electron chi connectivity index (χ3n) is 11.7. The van der Waals surface area contributed by atoms with Gasteiger partial charge in [0, 0.05) is 21.5 Å². The number of para-hydroxylation sites is 2. The zero-order valence-corrected chi connectivity index (χ0v) is 33.1. The van der Waals surface area contributed by atoms with Crippen LogP contribution in [0.25, 0.3) is 88.4 Å². The van der Waals surface area contributed by atoms with E-state index in [1.165, 1.54) is 12.1 Å². The zero-order chi connectivity index (χ0) is 44.5. The minimum atomic E-state index is -5.20. The van der Waals surface area contributed by atoms with Crippen LogP contribution in [0, 0.1) is 34.0 Å². The van der Waals surface area contributed by atoms with E-state index >= 15 is 13.2 Å². The van der Waals surface area contributed by atoms with Crippen molar-refractivity contribution in [1.82, 2.24) is 9.13 Å². The molecule has 0 saturated carbocycles. The lowest BCUT2D eigenvalue weighted by molar-refractivity contribution is -0.142. The van der Waals surface area contributed by atoms with E-state index in [9.17, 15) is 29.0 Å². The monoisotopic (exact) mass is 847 g/mol. The molecule has 10 aromatic rings. The fourth-order valence-corrected chi connectivity index (χ4v) is 8.80. The number of benzene rings is 8. The summed E-state index contributed by atoms with van der Waals surface area (Å²) in [5.41, 5.74) is 3.07. The molecule has 0 amide bonds. The number of nitriles is 3. The lowest BCUT2D eigenvalue weighted by atomic mass is 9.94. The van der Waals surface area contributed by atoms with Gasteiger partial charge in [0.1, 0.15) is 11.6 Å². The highest BCUT2D eigenvalue weighted by molar-refractivity contribution is 6.12. The summed E-state index contributed by atoms with van der Waals surface area (Å²) < 4.78 is 90.9. The number of rotatable bonds is 5. The number of halogens is 6. The molecular formula is C53H27F6N5. The first-order chi connectivity index (χ1) is 30.9. The summed E-state index contributed by atoms with van der Waals surface area (Å²) >= 11 is 0. The molecular weight excluding hydrogens is 821 g/mol. The largest absolute Gasteiger partial charge is 0.417 e. The van der Waals surface area contributed by atoms with Crippen LogP contribution in [-0.2, 0) is 12.4 Å². The Balaban J connectivity index is 1.36. The number of nitrogens with zero attached hydrogens (tertiary/aromatic N) is 5. The van der Waals surface area contributed by atoms with Gasteiger partial charge < -0.3 is 9.13 Å². The molecule has 5 nitrogen and oxygen atoms in total. The van der Waals surface area contributed by atoms with Crippen molar-refractivity contribution in [3.63, 3.8) is 0 Å². The summed E-state index contributed by atoms with van der Waals surface area (Å²) in [6.45, 7) is 0. The first-order valence-electron chi connectivity index (χ1n) is 19.8. The Labute approximate surface area is 360 Å². The summed E-state index contributed by atoms with van der Waals surface area (Å²) in [5, 5.41) is 33.8. The predicted octanol–water partition coefficient (Wildman–Crippen LogP) is 14.5. The molecule has 0 aliphatic rings. The van der Waals surface area contributed by atoms with Crippen molar-refractivity contribution in [2.24, 2.45) is 0 Å². The van der Waals surface area contributed by atoms with Crippen LogP contribution < -0.4 is 0 Å². The molecule has 0 aliphatic carbocycles. The molecule has 0 N–H and O–H groups in total. The standard InChI is InChI=1S/C53H27F6N5/c54-52(55,56)38-17-20-39(45(27-38)53(57,58)59)37-25-50(63-46-13-3-1-11-40(46)42-18-15-35(23-48(42)63)33-9-5-7-31(21-33)28-60)44(30-62)51(26-37)64-47-14-4-2-12-41(47)43-19-16-36(24-49(43)64)34-10-6-8-32(22-34)29-61/h1-27H. The van der Waals surface area contributed by atoms with Gasteiger partial charge in [-0.3, -0.25) is 0 Å². The van der Waals surface area contributed by atoms with Gasteiger partial charge in [0.2, 0.25) is 0 Å². The summed E-state index contributed by atoms with van der Waals surface area (Å²) in [6, 6.07) is 51.4. The summed E-state index contributed by atoms with van der Waals surface area (Å²) in [6.07, 6.45) is -10.3. The molecule has 2 heterocycles. The molecule has 0 atom stereocenters. The molecule has 10 rings (SSSR count). The van der Waals surface area contributed by atoms with Crippen molar-refractivity contribution in [3.8, 4) is 63.0 Å². The molecule has 0 aliphatic heterocycles. The molecule has 0 radical (unpaired) electrons. The number of fused-ring (bicyclic) bond motifs is 6. The quantitative estimate of drug-likeness (QED) is 0.162. The van der Waals surface area contributed by atoms with Crippen molar-refractivity contribution in [1.29, 1.82) is 15.8 Å². The first kappa shape index (κ1) is 39.5. The molecule has 8 aromatic carbocycles. The Morgan fingerprint density at radius 1 is 0.375 bits per heavy atom. The van der Waals surface area contributed by atoms with Gasteiger partial charge in [-0.2, -0.15) is 42.1 Å². The van der Waals surface area contributed by atoms with Crippen LogP contribution in [0.1, 0.15) is 27.8 Å². The molecule has 2 aromatic heterocycles. The summed E-state index contributed by atoms with van der Waals surface area (Å²) in [4.78, 5) is 0. The highest BCUT2D eigenvalue weighted by atomic mass is 19.4. The Bertz CT molecular complexity index is 3500. The van der Waals surface area contributed by atoms with Crippen molar-refractivity contribution in [2.45, 2.75) is 12.4 Å². The first-order valence-corrected chi connectivity index (χ1v) is 19.8. The van der Waals surface area contributed by atoms with E-state index in [0.717, 1.165) is 49.9 Å². The molecule has 11 heteroatoms. The number of hydrogen-bond donors (Lipinski definition) is 0. The fourth-order valence-electron chi connectivity index (χ4n) is 8.80. The van der Waals surface area contributed by atoms with E-state index in [-0.39, 0.29) is 28.6 Å². The van der Waals surface area contributed by atoms with E-state index in [4.69, 9.17) is 0 Å². The number of hydrogen-bond acceptors (Lipinski definition) is 3. The second-order valence-corrected chi connectivity index (χ2v) is 15.3. The van der Waals surface area contributed by atoms with Crippen LogP contribution >= 0.6 is 0 Å². The van der Waals surface area contributed by atoms with Crippen LogP contribution in [0.4, 0.5) is 26.3 Å². The average molecular weight is 848 g/mol. The van der Waals surface area contributed by atoms with Gasteiger partial charge in [-0.1, -0.05) is 91.0 Å². The van der Waals surface area contributed by atoms with Crippen LogP contribution in [0.15, 0.2) is 164 Å².